The number of hydrogen-bond acceptors (Lipinski definition) is 4. The fourth-order valence-electron chi connectivity index (χ4n) is 4.41. The van der Waals surface area contributed by atoms with Crippen LogP contribution in [0.3, 0.4) is 0 Å². The van der Waals surface area contributed by atoms with E-state index < -0.39 is 0 Å². The van der Waals surface area contributed by atoms with Crippen LogP contribution in [0, 0.1) is 19.8 Å². The molecule has 2 aromatic carbocycles. The molecular formula is C27H31N5. The van der Waals surface area contributed by atoms with Crippen LogP contribution in [0.25, 0.3) is 0 Å². The van der Waals surface area contributed by atoms with Crippen LogP contribution in [0.4, 0.5) is 11.4 Å². The maximum Gasteiger partial charge on any atom is 0.203 e. The molecule has 5 nitrogen and oxygen atoms in total. The van der Waals surface area contributed by atoms with Gasteiger partial charge in [-0.15, -0.1) is 0 Å². The Morgan fingerprint density at radius 2 is 1.75 bits per heavy atom. The molecule has 0 bridgehead atoms. The molecule has 1 saturated carbocycles. The van der Waals surface area contributed by atoms with Crippen molar-refractivity contribution in [2.24, 2.45) is 15.9 Å². The van der Waals surface area contributed by atoms with Gasteiger partial charge in [0.15, 0.2) is 12.0 Å². The van der Waals surface area contributed by atoms with Crippen molar-refractivity contribution in [2.75, 3.05) is 10.6 Å². The van der Waals surface area contributed by atoms with E-state index in [1.807, 2.05) is 12.1 Å². The van der Waals surface area contributed by atoms with Crippen LogP contribution < -0.4 is 16.0 Å². The number of allylic oxidation sites excluding steroid dienone is 2. The molecule has 0 aromatic heterocycles. The molecule has 2 unspecified atom stereocenters. The van der Waals surface area contributed by atoms with Crippen molar-refractivity contribution in [2.45, 2.75) is 51.7 Å². The number of guanidine groups is 1. The number of hydrogen-bond donors (Lipinski definition) is 3. The van der Waals surface area contributed by atoms with Crippen molar-refractivity contribution in [1.82, 2.24) is 5.32 Å². The number of benzene rings is 2. The van der Waals surface area contributed by atoms with E-state index in [9.17, 15) is 0 Å². The zero-order valence-corrected chi connectivity index (χ0v) is 19.0. The summed E-state index contributed by atoms with van der Waals surface area (Å²) in [6.45, 7) is 6.40. The Hall–Kier alpha value is -3.34. The average Bonchev–Trinajstić information content (AvgIpc) is 3.53. The largest absolute Gasteiger partial charge is 0.357 e. The topological polar surface area (TPSA) is 60.8 Å². The smallest absolute Gasteiger partial charge is 0.203 e. The molecule has 0 saturated heterocycles. The van der Waals surface area contributed by atoms with E-state index in [0.717, 1.165) is 29.5 Å². The molecule has 5 heteroatoms. The zero-order valence-electron chi connectivity index (χ0n) is 19.0. The Morgan fingerprint density at radius 1 is 1.03 bits per heavy atom. The van der Waals surface area contributed by atoms with Crippen LogP contribution in [0.5, 0.6) is 0 Å². The molecule has 3 N–H and O–H groups in total. The van der Waals surface area contributed by atoms with Crippen LogP contribution in [0.2, 0.25) is 0 Å². The van der Waals surface area contributed by atoms with Crippen LogP contribution in [0.15, 0.2) is 82.3 Å². The Morgan fingerprint density at radius 3 is 2.47 bits per heavy atom. The summed E-state index contributed by atoms with van der Waals surface area (Å²) < 4.78 is 0. The van der Waals surface area contributed by atoms with Gasteiger partial charge < -0.3 is 16.0 Å². The van der Waals surface area contributed by atoms with Crippen molar-refractivity contribution in [1.29, 1.82) is 0 Å². The molecule has 3 aliphatic rings. The molecule has 2 aromatic rings. The predicted octanol–water partition coefficient (Wildman–Crippen LogP) is 5.57. The third-order valence-electron chi connectivity index (χ3n) is 6.17. The lowest BCUT2D eigenvalue weighted by molar-refractivity contribution is 0.556. The molecule has 1 aliphatic heterocycles. The van der Waals surface area contributed by atoms with Gasteiger partial charge in [0.05, 0.1) is 5.54 Å². The summed E-state index contributed by atoms with van der Waals surface area (Å²) in [5.41, 5.74) is 5.72. The minimum absolute atomic E-state index is 0.268. The van der Waals surface area contributed by atoms with Crippen LogP contribution >= 0.6 is 0 Å². The lowest BCUT2D eigenvalue weighted by Crippen LogP contribution is -2.38. The second-order valence-corrected chi connectivity index (χ2v) is 9.42. The van der Waals surface area contributed by atoms with E-state index >= 15 is 0 Å². The Balaban J connectivity index is 1.41. The third kappa shape index (κ3) is 4.77. The highest BCUT2D eigenvalue weighted by Gasteiger charge is 2.35. The summed E-state index contributed by atoms with van der Waals surface area (Å²) in [6.07, 6.45) is 9.99. The van der Waals surface area contributed by atoms with Gasteiger partial charge >= 0.3 is 0 Å². The van der Waals surface area contributed by atoms with Crippen LogP contribution in [-0.4, -0.2) is 23.5 Å². The van der Waals surface area contributed by atoms with E-state index in [1.54, 1.807) is 0 Å². The van der Waals surface area contributed by atoms with Gasteiger partial charge in [0.2, 0.25) is 5.96 Å². The number of aryl methyl sites for hydroxylation is 2. The summed E-state index contributed by atoms with van der Waals surface area (Å²) in [5.74, 6) is 2.30. The summed E-state index contributed by atoms with van der Waals surface area (Å²) in [4.78, 5) is 10.1. The molecule has 0 amide bonds. The van der Waals surface area contributed by atoms with Crippen molar-refractivity contribution >= 4 is 23.2 Å². The number of nitrogens with one attached hydrogen (secondary N) is 3. The first-order chi connectivity index (χ1) is 15.5. The van der Waals surface area contributed by atoms with Crippen LogP contribution in [0.1, 0.15) is 37.3 Å². The van der Waals surface area contributed by atoms with Gasteiger partial charge in [0.25, 0.3) is 0 Å². The summed E-state index contributed by atoms with van der Waals surface area (Å²) in [7, 11) is 0. The first-order valence-electron chi connectivity index (χ1n) is 11.5. The summed E-state index contributed by atoms with van der Waals surface area (Å²) >= 11 is 0. The van der Waals surface area contributed by atoms with E-state index in [0.29, 0.717) is 5.96 Å². The maximum atomic E-state index is 5.20. The molecule has 2 atom stereocenters. The van der Waals surface area contributed by atoms with E-state index in [4.69, 9.17) is 9.98 Å². The van der Waals surface area contributed by atoms with Gasteiger partial charge in [-0.05, 0) is 81.3 Å². The Kier molecular flexibility index (Phi) is 5.33. The fourth-order valence-corrected chi connectivity index (χ4v) is 4.41. The van der Waals surface area contributed by atoms with E-state index in [-0.39, 0.29) is 11.7 Å². The first-order valence-corrected chi connectivity index (χ1v) is 11.5. The molecule has 5 rings (SSSR count). The second kappa shape index (κ2) is 8.30. The Bertz CT molecular complexity index is 1140. The molecule has 0 spiro atoms. The van der Waals surface area contributed by atoms with Gasteiger partial charge in [0.1, 0.15) is 0 Å². The van der Waals surface area contributed by atoms with Gasteiger partial charge in [-0.2, -0.15) is 0 Å². The molecule has 164 valence electrons. The van der Waals surface area contributed by atoms with Gasteiger partial charge in [-0.1, -0.05) is 48.1 Å². The SMILES string of the molecule is Cc1cccc(NC2=NC(Nc3cccc(C)c3)C(=NC3(C)C=CC=C(C4CC4)C3)N2)c1. The highest BCUT2D eigenvalue weighted by molar-refractivity contribution is 6.13. The van der Waals surface area contributed by atoms with Crippen molar-refractivity contribution < 1.29 is 0 Å². The van der Waals surface area contributed by atoms with E-state index in [2.05, 4.69) is 91.3 Å². The lowest BCUT2D eigenvalue weighted by Gasteiger charge is -2.27. The van der Waals surface area contributed by atoms with Crippen LogP contribution in [-0.2, 0) is 0 Å². The van der Waals surface area contributed by atoms with E-state index in [1.165, 1.54) is 29.5 Å². The standard InChI is InChI=1S/C27H31N5/c1-18-7-4-10-22(15-18)28-24-25(31-26(30-24)29-23-11-5-8-19(2)16-23)32-27(3)14-6-9-21(17-27)20-12-13-20/h4-11,14-16,20,24,28H,12-13,17H2,1-3H3,(H2,29,30,31,32). The minimum Gasteiger partial charge on any atom is -0.357 e. The summed E-state index contributed by atoms with van der Waals surface area (Å²) in [5, 5.41) is 10.4. The normalized spacial score (nSPS) is 25.8. The molecule has 1 fully saturated rings. The van der Waals surface area contributed by atoms with Crippen molar-refractivity contribution in [3.05, 3.63) is 83.5 Å². The molecule has 2 aliphatic carbocycles. The quantitative estimate of drug-likeness (QED) is 0.587. The van der Waals surface area contributed by atoms with Crippen molar-refractivity contribution in [3.63, 3.8) is 0 Å². The first kappa shape index (κ1) is 20.6. The second-order valence-electron chi connectivity index (χ2n) is 9.42. The zero-order chi connectivity index (χ0) is 22.1. The fraction of sp³-hybridized carbons (Fsp3) is 0.333. The highest BCUT2D eigenvalue weighted by atomic mass is 15.3. The predicted molar refractivity (Wildman–Crippen MR) is 134 cm³/mol. The van der Waals surface area contributed by atoms with Gasteiger partial charge in [-0.25, -0.2) is 4.99 Å². The van der Waals surface area contributed by atoms with Gasteiger partial charge in [0, 0.05) is 11.4 Å². The average molecular weight is 426 g/mol. The maximum absolute atomic E-state index is 5.20. The minimum atomic E-state index is -0.274. The lowest BCUT2D eigenvalue weighted by atomic mass is 9.86. The highest BCUT2D eigenvalue weighted by Crippen LogP contribution is 2.42. The molecule has 1 heterocycles. The van der Waals surface area contributed by atoms with Gasteiger partial charge in [-0.3, -0.25) is 4.99 Å². The molecule has 0 radical (unpaired) electrons. The third-order valence-corrected chi connectivity index (χ3v) is 6.17. The number of aliphatic imine (C=N–C) groups is 2. The monoisotopic (exact) mass is 425 g/mol. The summed E-state index contributed by atoms with van der Waals surface area (Å²) in [6, 6.07) is 16.7. The molecular weight excluding hydrogens is 394 g/mol. The molecule has 32 heavy (non-hydrogen) atoms. The number of nitrogens with zero attached hydrogens (tertiary/aromatic N) is 2. The Labute approximate surface area is 190 Å². The number of amidine groups is 1. The number of anilines is 2. The van der Waals surface area contributed by atoms with Crippen molar-refractivity contribution in [3.8, 4) is 0 Å². The number of rotatable bonds is 5.